The first-order chi connectivity index (χ1) is 14.8. The van der Waals surface area contributed by atoms with Crippen LogP contribution >= 0.6 is 23.2 Å². The molecule has 0 unspecified atom stereocenters. The number of halogens is 2. The summed E-state index contributed by atoms with van der Waals surface area (Å²) >= 11 is 13.0. The number of anilines is 1. The zero-order valence-electron chi connectivity index (χ0n) is 18.0. The Morgan fingerprint density at radius 2 is 1.84 bits per heavy atom. The average molecular weight is 464 g/mol. The second-order valence-electron chi connectivity index (χ2n) is 8.27. The molecule has 2 aromatic rings. The topological polar surface area (TPSA) is 48.0 Å². The van der Waals surface area contributed by atoms with Crippen LogP contribution in [-0.4, -0.2) is 32.3 Å². The molecule has 0 aliphatic carbocycles. The Morgan fingerprint density at radius 1 is 1.13 bits per heavy atom. The Morgan fingerprint density at radius 3 is 2.55 bits per heavy atom. The van der Waals surface area contributed by atoms with Crippen molar-refractivity contribution >= 4 is 34.8 Å². The summed E-state index contributed by atoms with van der Waals surface area (Å²) in [4.78, 5) is 15.0. The summed E-state index contributed by atoms with van der Waals surface area (Å²) in [5, 5.41) is 0.860. The maximum absolute atomic E-state index is 13.4. The van der Waals surface area contributed by atoms with Crippen molar-refractivity contribution in [3.8, 4) is 5.75 Å². The third-order valence-corrected chi connectivity index (χ3v) is 6.30. The van der Waals surface area contributed by atoms with Gasteiger partial charge in [-0.05, 0) is 55.0 Å². The van der Waals surface area contributed by atoms with Crippen LogP contribution in [0.1, 0.15) is 49.3 Å². The van der Waals surface area contributed by atoms with Crippen LogP contribution in [0.3, 0.4) is 0 Å². The highest BCUT2D eigenvalue weighted by Gasteiger charge is 2.56. The van der Waals surface area contributed by atoms with Gasteiger partial charge < -0.3 is 19.1 Å². The highest BCUT2D eigenvalue weighted by Crippen LogP contribution is 2.51. The van der Waals surface area contributed by atoms with Gasteiger partial charge in [-0.15, -0.1) is 0 Å². The van der Waals surface area contributed by atoms with Crippen LogP contribution in [0, 0.1) is 6.92 Å². The molecular formula is C24H27Cl2NO4. The average Bonchev–Trinajstić information content (AvgIpc) is 2.98. The Hall–Kier alpha value is -1.79. The number of rotatable bonds is 6. The quantitative estimate of drug-likeness (QED) is 0.505. The van der Waals surface area contributed by atoms with Gasteiger partial charge in [-0.1, -0.05) is 49.2 Å². The van der Waals surface area contributed by atoms with Crippen molar-refractivity contribution in [3.05, 3.63) is 57.1 Å². The van der Waals surface area contributed by atoms with E-state index in [0.29, 0.717) is 60.0 Å². The number of amides is 1. The molecule has 0 radical (unpaired) electrons. The van der Waals surface area contributed by atoms with Crippen molar-refractivity contribution in [2.45, 2.75) is 45.3 Å². The lowest BCUT2D eigenvalue weighted by atomic mass is 10.0. The molecule has 0 N–H and O–H groups in total. The molecule has 5 nitrogen and oxygen atoms in total. The first kappa shape index (κ1) is 22.4. The number of carbonyl (C=O) groups excluding carboxylic acids is 1. The van der Waals surface area contributed by atoms with Gasteiger partial charge in [0.15, 0.2) is 0 Å². The standard InChI is InChI=1S/C24H27Cl2NO4/c1-15(2)17-7-6-16(3)14-20(17)29-11-4-10-27-22-19(26)9-8-18(25)21(22)24(23(27)28)30-12-5-13-31-24/h6-9,14-15H,4-5,10-13H2,1-3H3. The maximum Gasteiger partial charge on any atom is 0.292 e. The summed E-state index contributed by atoms with van der Waals surface area (Å²) in [5.74, 6) is -0.531. The molecule has 31 heavy (non-hydrogen) atoms. The maximum atomic E-state index is 13.4. The van der Waals surface area contributed by atoms with Crippen LogP contribution in [0.5, 0.6) is 5.75 Å². The SMILES string of the molecule is Cc1ccc(C(C)C)c(OCCCN2C(=O)C3(OCCCO3)c3c(Cl)ccc(Cl)c32)c1. The highest BCUT2D eigenvalue weighted by atomic mass is 35.5. The van der Waals surface area contributed by atoms with E-state index >= 15 is 0 Å². The Kier molecular flexibility index (Phi) is 6.50. The first-order valence-corrected chi connectivity index (χ1v) is 11.4. The molecule has 1 amide bonds. The zero-order chi connectivity index (χ0) is 22.2. The fourth-order valence-corrected chi connectivity index (χ4v) is 4.70. The molecule has 4 rings (SSSR count). The Labute approximate surface area is 193 Å². The molecule has 1 fully saturated rings. The molecule has 1 spiro atoms. The van der Waals surface area contributed by atoms with E-state index in [1.165, 1.54) is 5.56 Å². The van der Waals surface area contributed by atoms with Crippen molar-refractivity contribution < 1.29 is 19.0 Å². The van der Waals surface area contributed by atoms with Crippen molar-refractivity contribution in [1.29, 1.82) is 0 Å². The molecule has 2 aliphatic rings. The van der Waals surface area contributed by atoms with Crippen LogP contribution in [-0.2, 0) is 20.1 Å². The normalized spacial score (nSPS) is 17.5. The molecule has 2 aromatic carbocycles. The first-order valence-electron chi connectivity index (χ1n) is 10.7. The summed E-state index contributed by atoms with van der Waals surface area (Å²) in [7, 11) is 0. The number of hydrogen-bond acceptors (Lipinski definition) is 4. The largest absolute Gasteiger partial charge is 0.493 e. The fraction of sp³-hybridized carbons (Fsp3) is 0.458. The second kappa shape index (κ2) is 8.99. The van der Waals surface area contributed by atoms with Gasteiger partial charge in [-0.25, -0.2) is 0 Å². The van der Waals surface area contributed by atoms with Crippen LogP contribution < -0.4 is 9.64 Å². The monoisotopic (exact) mass is 463 g/mol. The molecule has 166 valence electrons. The third kappa shape index (κ3) is 4.05. The van der Waals surface area contributed by atoms with Crippen molar-refractivity contribution in [3.63, 3.8) is 0 Å². The predicted molar refractivity (Wildman–Crippen MR) is 122 cm³/mol. The molecule has 0 bridgehead atoms. The molecule has 2 aliphatic heterocycles. The number of carbonyl (C=O) groups is 1. The fourth-order valence-electron chi connectivity index (χ4n) is 4.17. The molecular weight excluding hydrogens is 437 g/mol. The van der Waals surface area contributed by atoms with E-state index in [9.17, 15) is 4.79 Å². The summed E-state index contributed by atoms with van der Waals surface area (Å²) in [6.45, 7) is 8.08. The van der Waals surface area contributed by atoms with E-state index in [2.05, 4.69) is 32.0 Å². The predicted octanol–water partition coefficient (Wildman–Crippen LogP) is 5.83. The highest BCUT2D eigenvalue weighted by molar-refractivity contribution is 6.38. The van der Waals surface area contributed by atoms with Gasteiger partial charge in [-0.3, -0.25) is 4.79 Å². The molecule has 0 atom stereocenters. The van der Waals surface area contributed by atoms with Crippen molar-refractivity contribution in [2.75, 3.05) is 31.3 Å². The van der Waals surface area contributed by atoms with Crippen molar-refractivity contribution in [2.24, 2.45) is 0 Å². The number of aryl methyl sites for hydroxylation is 1. The van der Waals surface area contributed by atoms with E-state index in [0.717, 1.165) is 17.7 Å². The minimum absolute atomic E-state index is 0.282. The number of nitrogens with zero attached hydrogens (tertiary/aromatic N) is 1. The lowest BCUT2D eigenvalue weighted by Gasteiger charge is -2.32. The molecule has 7 heteroatoms. The lowest BCUT2D eigenvalue weighted by Crippen LogP contribution is -2.47. The number of fused-ring (bicyclic) bond motifs is 2. The molecule has 1 saturated heterocycles. The third-order valence-electron chi connectivity index (χ3n) is 5.68. The number of hydrogen-bond donors (Lipinski definition) is 0. The van der Waals surface area contributed by atoms with Gasteiger partial charge in [0, 0.05) is 6.54 Å². The zero-order valence-corrected chi connectivity index (χ0v) is 19.6. The summed E-state index contributed by atoms with van der Waals surface area (Å²) in [5.41, 5.74) is 3.40. The van der Waals surface area contributed by atoms with Gasteiger partial charge in [0.25, 0.3) is 11.7 Å². The van der Waals surface area contributed by atoms with Crippen LogP contribution in [0.25, 0.3) is 0 Å². The lowest BCUT2D eigenvalue weighted by molar-refractivity contribution is -0.256. The van der Waals surface area contributed by atoms with Gasteiger partial charge >= 0.3 is 0 Å². The van der Waals surface area contributed by atoms with Crippen LogP contribution in [0.15, 0.2) is 30.3 Å². The van der Waals surface area contributed by atoms with E-state index < -0.39 is 5.79 Å². The van der Waals surface area contributed by atoms with E-state index in [1.807, 2.05) is 6.92 Å². The summed E-state index contributed by atoms with van der Waals surface area (Å²) < 4.78 is 17.8. The van der Waals surface area contributed by atoms with E-state index in [-0.39, 0.29) is 5.91 Å². The van der Waals surface area contributed by atoms with Gasteiger partial charge in [-0.2, -0.15) is 0 Å². The smallest absolute Gasteiger partial charge is 0.292 e. The van der Waals surface area contributed by atoms with E-state index in [4.69, 9.17) is 37.4 Å². The van der Waals surface area contributed by atoms with Crippen LogP contribution in [0.2, 0.25) is 10.0 Å². The molecule has 2 heterocycles. The number of ether oxygens (including phenoxy) is 3. The number of benzene rings is 2. The van der Waals surface area contributed by atoms with Crippen LogP contribution in [0.4, 0.5) is 5.69 Å². The van der Waals surface area contributed by atoms with Gasteiger partial charge in [0.2, 0.25) is 0 Å². The minimum atomic E-state index is -1.50. The Balaban J connectivity index is 1.52. The molecule has 0 saturated carbocycles. The van der Waals surface area contributed by atoms with Crippen molar-refractivity contribution in [1.82, 2.24) is 0 Å². The van der Waals surface area contributed by atoms with Gasteiger partial charge in [0.1, 0.15) is 5.75 Å². The Bertz CT molecular complexity index is 986. The molecule has 0 aromatic heterocycles. The van der Waals surface area contributed by atoms with E-state index in [1.54, 1.807) is 17.0 Å². The summed E-state index contributed by atoms with van der Waals surface area (Å²) in [6, 6.07) is 9.64. The minimum Gasteiger partial charge on any atom is -0.493 e. The second-order valence-corrected chi connectivity index (χ2v) is 9.09. The summed E-state index contributed by atoms with van der Waals surface area (Å²) in [6.07, 6.45) is 1.35. The van der Waals surface area contributed by atoms with Gasteiger partial charge in [0.05, 0.1) is 41.1 Å².